The second kappa shape index (κ2) is 19.3. The van der Waals surface area contributed by atoms with Gasteiger partial charge in [-0.2, -0.15) is 0 Å². The number of benzene rings is 4. The Morgan fingerprint density at radius 1 is 0.553 bits per heavy atom. The molecule has 6 aromatic rings. The van der Waals surface area contributed by atoms with Crippen LogP contribution >= 0.6 is 79.6 Å². The van der Waals surface area contributed by atoms with Crippen LogP contribution in [0, 0.1) is 11.8 Å². The molecule has 2 atom stereocenters. The molecule has 0 amide bonds. The Morgan fingerprint density at radius 2 is 0.957 bits per heavy atom. The molecule has 2 unspecified atom stereocenters. The predicted molar refractivity (Wildman–Crippen MR) is 226 cm³/mol. The average Bonchev–Trinajstić information content (AvgIpc) is 3.57. The van der Waals surface area contributed by atoms with Crippen molar-refractivity contribution in [2.24, 2.45) is 11.8 Å². The van der Waals surface area contributed by atoms with Crippen LogP contribution in [-0.4, -0.2) is 14.9 Å². The summed E-state index contributed by atoms with van der Waals surface area (Å²) in [5.41, 5.74) is 5.03. The molecule has 2 aromatic heterocycles. The fraction of sp³-hybridized carbons (Fsp3) is 0.400. The third-order valence-electron chi connectivity index (χ3n) is 9.06. The maximum atomic E-state index is 3.62. The molecule has 6 rings (SSSR count). The van der Waals surface area contributed by atoms with Gasteiger partial charge in [0.2, 0.25) is 0 Å². The summed E-state index contributed by atoms with van der Waals surface area (Å²) in [7, 11) is 0. The van der Waals surface area contributed by atoms with Crippen molar-refractivity contribution in [2.75, 3.05) is 5.33 Å². The monoisotopic (exact) mass is 950 g/mol. The fourth-order valence-electron chi connectivity index (χ4n) is 6.15. The molecule has 0 aliphatic heterocycles. The van der Waals surface area contributed by atoms with Crippen molar-refractivity contribution in [3.8, 4) is 0 Å². The number of nitrogens with one attached hydrogen (secondary N) is 1. The lowest BCUT2D eigenvalue weighted by Gasteiger charge is -2.17. The minimum Gasteiger partial charge on any atom is -0.355 e. The minimum absolute atomic E-state index is 0.751. The van der Waals surface area contributed by atoms with Gasteiger partial charge in [0.1, 0.15) is 0 Å². The molecule has 47 heavy (non-hydrogen) atoms. The van der Waals surface area contributed by atoms with Crippen LogP contribution in [0.15, 0.2) is 90.7 Å². The summed E-state index contributed by atoms with van der Waals surface area (Å²) in [4.78, 5) is 3.39. The molecule has 252 valence electrons. The molecule has 0 spiro atoms. The third kappa shape index (κ3) is 10.4. The Kier molecular flexibility index (Phi) is 15.9. The topological polar surface area (TPSA) is 20.7 Å². The van der Waals surface area contributed by atoms with E-state index in [-0.39, 0.29) is 0 Å². The number of aromatic amines is 1. The third-order valence-corrected chi connectivity index (χ3v) is 11.9. The van der Waals surface area contributed by atoms with Gasteiger partial charge in [-0.05, 0) is 97.5 Å². The fourth-order valence-corrected chi connectivity index (χ4v) is 8.37. The van der Waals surface area contributed by atoms with E-state index in [1.165, 1.54) is 100 Å². The molecule has 7 heteroatoms. The van der Waals surface area contributed by atoms with Crippen LogP contribution in [0.4, 0.5) is 0 Å². The minimum atomic E-state index is 0.751. The Labute approximate surface area is 323 Å². The summed E-state index contributed by atoms with van der Waals surface area (Å²) in [5, 5.41) is 6.35. The molecule has 0 aliphatic rings. The zero-order valence-electron chi connectivity index (χ0n) is 28.0. The average molecular weight is 955 g/mol. The van der Waals surface area contributed by atoms with Gasteiger partial charge in [-0.3, -0.25) is 0 Å². The van der Waals surface area contributed by atoms with E-state index in [0.717, 1.165) is 36.3 Å². The number of halogens is 5. The van der Waals surface area contributed by atoms with E-state index in [1.54, 1.807) is 0 Å². The first-order chi connectivity index (χ1) is 22.7. The molecule has 0 radical (unpaired) electrons. The number of hydrogen-bond acceptors (Lipinski definition) is 0. The van der Waals surface area contributed by atoms with Crippen LogP contribution in [-0.2, 0) is 6.54 Å². The lowest BCUT2D eigenvalue weighted by molar-refractivity contribution is 0.401. The van der Waals surface area contributed by atoms with Crippen molar-refractivity contribution < 1.29 is 0 Å². The van der Waals surface area contributed by atoms with E-state index >= 15 is 0 Å². The van der Waals surface area contributed by atoms with Gasteiger partial charge in [0.05, 0.1) is 0 Å². The van der Waals surface area contributed by atoms with Gasteiger partial charge >= 0.3 is 0 Å². The normalized spacial score (nSPS) is 12.6. The molecule has 2 nitrogen and oxygen atoms in total. The molecule has 1 N–H and O–H groups in total. The number of alkyl halides is 1. The zero-order chi connectivity index (χ0) is 33.9. The van der Waals surface area contributed by atoms with Crippen molar-refractivity contribution in [1.29, 1.82) is 0 Å². The number of unbranched alkanes of at least 4 members (excludes halogenated alkanes) is 2. The molecule has 0 saturated heterocycles. The van der Waals surface area contributed by atoms with E-state index < -0.39 is 0 Å². The molecular weight excluding hydrogens is 908 g/mol. The molecule has 0 fully saturated rings. The Hall–Kier alpha value is -1.12. The highest BCUT2D eigenvalue weighted by Gasteiger charge is 2.15. The summed E-state index contributed by atoms with van der Waals surface area (Å²) in [6.07, 6.45) is 10.6. The van der Waals surface area contributed by atoms with Crippen LogP contribution in [0.3, 0.4) is 0 Å². The smallest absolute Gasteiger partial charge is 0.0492 e. The van der Waals surface area contributed by atoms with Crippen LogP contribution in [0.25, 0.3) is 43.6 Å². The summed E-state index contributed by atoms with van der Waals surface area (Å²) in [5.74, 6) is 1.67. The number of hydrogen-bond donors (Lipinski definition) is 1. The summed E-state index contributed by atoms with van der Waals surface area (Å²) < 4.78 is 7.02. The highest BCUT2D eigenvalue weighted by atomic mass is 79.9. The summed E-state index contributed by atoms with van der Waals surface area (Å²) in [6, 6.07) is 25.8. The second-order valence-electron chi connectivity index (χ2n) is 12.4. The summed E-state index contributed by atoms with van der Waals surface area (Å²) in [6.45, 7) is 10.2. The highest BCUT2D eigenvalue weighted by Crippen LogP contribution is 2.34. The van der Waals surface area contributed by atoms with E-state index in [9.17, 15) is 0 Å². The molecule has 0 aliphatic carbocycles. The van der Waals surface area contributed by atoms with Crippen molar-refractivity contribution >= 4 is 123 Å². The Bertz CT molecular complexity index is 1750. The van der Waals surface area contributed by atoms with Gasteiger partial charge in [0.15, 0.2) is 0 Å². The predicted octanol–water partition coefficient (Wildman–Crippen LogP) is 16.0. The lowest BCUT2D eigenvalue weighted by atomic mass is 9.99. The molecule has 0 saturated carbocycles. The molecule has 4 aromatic carbocycles. The van der Waals surface area contributed by atoms with Crippen molar-refractivity contribution in [1.82, 2.24) is 9.55 Å². The molecular formula is C40H47Br5N2. The van der Waals surface area contributed by atoms with E-state index in [0.29, 0.717) is 0 Å². The molecule has 2 heterocycles. The maximum Gasteiger partial charge on any atom is 0.0492 e. The quantitative estimate of drug-likeness (QED) is 0.125. The van der Waals surface area contributed by atoms with Crippen LogP contribution in [0.1, 0.15) is 79.1 Å². The lowest BCUT2D eigenvalue weighted by Crippen LogP contribution is -2.10. The Balaban J connectivity index is 0.000000178. The SMILES string of the molecule is Brc1ccc2[nH]c3ccc(Br)cc3c2c1.CCCCC(CC)CBr.CCCCC(CC)Cn1c2ccc(Br)cc2c2cc(Br)ccc21. The van der Waals surface area contributed by atoms with Gasteiger partial charge in [-0.1, -0.05) is 146 Å². The Morgan fingerprint density at radius 3 is 1.36 bits per heavy atom. The number of H-pyrrole nitrogens is 1. The van der Waals surface area contributed by atoms with Crippen LogP contribution < -0.4 is 0 Å². The van der Waals surface area contributed by atoms with Crippen LogP contribution in [0.5, 0.6) is 0 Å². The van der Waals surface area contributed by atoms with Crippen molar-refractivity contribution in [3.05, 3.63) is 90.7 Å². The largest absolute Gasteiger partial charge is 0.355 e. The van der Waals surface area contributed by atoms with Gasteiger partial charge in [0.25, 0.3) is 0 Å². The van der Waals surface area contributed by atoms with Crippen LogP contribution in [0.2, 0.25) is 0 Å². The zero-order valence-corrected chi connectivity index (χ0v) is 35.9. The molecule has 0 bridgehead atoms. The number of nitrogens with zero attached hydrogens (tertiary/aromatic N) is 1. The van der Waals surface area contributed by atoms with Gasteiger partial charge in [-0.25, -0.2) is 0 Å². The second-order valence-corrected chi connectivity index (χ2v) is 16.7. The standard InChI is InChI=1S/C20H23Br2N.C12H7Br2N.C8H17Br/c1-3-5-6-14(4-2)13-23-19-9-7-15(21)11-17(19)18-12-16(22)8-10-20(18)23;13-7-1-3-11-9(5-7)10-6-8(14)2-4-12(10)15-11;1-3-5-6-8(4-2)7-9/h7-12,14H,3-6,13H2,1-2H3;1-6,15H;8H,3-7H2,1-2H3. The number of aromatic nitrogens is 2. The van der Waals surface area contributed by atoms with Gasteiger partial charge < -0.3 is 9.55 Å². The van der Waals surface area contributed by atoms with Gasteiger partial charge in [0, 0.05) is 73.4 Å². The first kappa shape index (κ1) is 38.7. The van der Waals surface area contributed by atoms with E-state index in [1.807, 2.05) is 12.1 Å². The van der Waals surface area contributed by atoms with E-state index in [2.05, 4.69) is 178 Å². The van der Waals surface area contributed by atoms with Crippen molar-refractivity contribution in [3.63, 3.8) is 0 Å². The van der Waals surface area contributed by atoms with Gasteiger partial charge in [-0.15, -0.1) is 0 Å². The first-order valence-corrected chi connectivity index (χ1v) is 21.3. The number of rotatable bonds is 11. The first-order valence-electron chi connectivity index (χ1n) is 17.0. The highest BCUT2D eigenvalue weighted by molar-refractivity contribution is 9.11. The van der Waals surface area contributed by atoms with Crippen molar-refractivity contribution in [2.45, 2.75) is 85.6 Å². The summed E-state index contributed by atoms with van der Waals surface area (Å²) >= 11 is 17.7. The van der Waals surface area contributed by atoms with E-state index in [4.69, 9.17) is 0 Å². The maximum absolute atomic E-state index is 3.62. The number of fused-ring (bicyclic) bond motifs is 6.